The predicted octanol–water partition coefficient (Wildman–Crippen LogP) is 1.20. The third-order valence-electron chi connectivity index (χ3n) is 2.05. The van der Waals surface area contributed by atoms with Gasteiger partial charge in [0.25, 0.3) is 0 Å². The normalized spacial score (nSPS) is 11.6. The van der Waals surface area contributed by atoms with Crippen molar-refractivity contribution in [2.75, 3.05) is 7.11 Å². The molecule has 0 aliphatic carbocycles. The number of halogens is 1. The Morgan fingerprint density at radius 3 is 2.81 bits per heavy atom. The molecule has 3 N–H and O–H groups in total. The fourth-order valence-corrected chi connectivity index (χ4v) is 1.78. The highest BCUT2D eigenvalue weighted by Crippen LogP contribution is 2.33. The molecule has 0 aliphatic heterocycles. The van der Waals surface area contributed by atoms with E-state index in [1.165, 1.54) is 19.2 Å². The summed E-state index contributed by atoms with van der Waals surface area (Å²) in [4.78, 5) is 11.3. The van der Waals surface area contributed by atoms with Crippen molar-refractivity contribution in [3.8, 4) is 11.8 Å². The average Bonchev–Trinajstić information content (AvgIpc) is 2.28. The highest BCUT2D eigenvalue weighted by atomic mass is 79.9. The van der Waals surface area contributed by atoms with E-state index >= 15 is 0 Å². The second kappa shape index (κ2) is 4.96. The van der Waals surface area contributed by atoms with Crippen LogP contribution in [0.4, 0.5) is 0 Å². The fraction of sp³-hybridized carbons (Fsp3) is 0.200. The van der Waals surface area contributed by atoms with Gasteiger partial charge in [-0.3, -0.25) is 4.79 Å². The van der Waals surface area contributed by atoms with Crippen molar-refractivity contribution >= 4 is 21.9 Å². The van der Waals surface area contributed by atoms with Crippen LogP contribution in [0.25, 0.3) is 0 Å². The number of hydrogen-bond donors (Lipinski definition) is 2. The predicted molar refractivity (Wildman–Crippen MR) is 59.5 cm³/mol. The summed E-state index contributed by atoms with van der Waals surface area (Å²) < 4.78 is 4.92. The fourth-order valence-electron chi connectivity index (χ4n) is 1.21. The molecule has 0 heterocycles. The van der Waals surface area contributed by atoms with Crippen LogP contribution < -0.4 is 5.73 Å². The third-order valence-corrected chi connectivity index (χ3v) is 2.74. The van der Waals surface area contributed by atoms with Crippen LogP contribution in [0.1, 0.15) is 17.2 Å². The van der Waals surface area contributed by atoms with Gasteiger partial charge in [0.15, 0.2) is 0 Å². The highest BCUT2D eigenvalue weighted by Gasteiger charge is 2.24. The summed E-state index contributed by atoms with van der Waals surface area (Å²) in [5.74, 6) is -0.999. The molecule has 6 heteroatoms. The van der Waals surface area contributed by atoms with Gasteiger partial charge in [0, 0.05) is 10.0 Å². The van der Waals surface area contributed by atoms with E-state index in [4.69, 9.17) is 11.0 Å². The summed E-state index contributed by atoms with van der Waals surface area (Å²) in [7, 11) is 1.20. The van der Waals surface area contributed by atoms with Crippen molar-refractivity contribution < 1.29 is 14.6 Å². The van der Waals surface area contributed by atoms with Crippen molar-refractivity contribution in [3.05, 3.63) is 27.7 Å². The van der Waals surface area contributed by atoms with E-state index in [9.17, 15) is 9.90 Å². The van der Waals surface area contributed by atoms with Gasteiger partial charge in [0.2, 0.25) is 0 Å². The van der Waals surface area contributed by atoms with Crippen molar-refractivity contribution in [1.29, 1.82) is 5.26 Å². The van der Waals surface area contributed by atoms with Crippen molar-refractivity contribution in [1.82, 2.24) is 0 Å². The number of carbonyl (C=O) groups is 1. The number of nitrogens with two attached hydrogens (primary N) is 1. The lowest BCUT2D eigenvalue weighted by Gasteiger charge is -2.13. The van der Waals surface area contributed by atoms with E-state index < -0.39 is 12.0 Å². The Hall–Kier alpha value is -1.58. The van der Waals surface area contributed by atoms with E-state index in [2.05, 4.69) is 20.7 Å². The summed E-state index contributed by atoms with van der Waals surface area (Å²) >= 11 is 3.15. The Labute approximate surface area is 101 Å². The van der Waals surface area contributed by atoms with Crippen LogP contribution in [-0.2, 0) is 9.53 Å². The molecule has 0 saturated carbocycles. The van der Waals surface area contributed by atoms with Gasteiger partial charge in [-0.05, 0) is 12.1 Å². The molecule has 0 saturated heterocycles. The first-order chi connectivity index (χ1) is 7.52. The number of rotatable bonds is 2. The van der Waals surface area contributed by atoms with Crippen LogP contribution >= 0.6 is 15.9 Å². The number of nitrogens with zero attached hydrogens (tertiary/aromatic N) is 1. The first-order valence-corrected chi connectivity index (χ1v) is 5.07. The number of hydrogen-bond acceptors (Lipinski definition) is 5. The summed E-state index contributed by atoms with van der Waals surface area (Å²) in [6.07, 6.45) is 0. The van der Waals surface area contributed by atoms with Gasteiger partial charge in [-0.1, -0.05) is 15.9 Å². The molecule has 1 rings (SSSR count). The van der Waals surface area contributed by atoms with Crippen LogP contribution in [-0.4, -0.2) is 18.2 Å². The van der Waals surface area contributed by atoms with E-state index in [0.29, 0.717) is 4.47 Å². The maximum atomic E-state index is 11.3. The molecule has 0 amide bonds. The SMILES string of the molecule is COC(=O)[C@@H](N)c1c(Br)ccc(C#N)c1O. The molecule has 5 nitrogen and oxygen atoms in total. The summed E-state index contributed by atoms with van der Waals surface area (Å²) in [6.45, 7) is 0. The smallest absolute Gasteiger partial charge is 0.327 e. The minimum Gasteiger partial charge on any atom is -0.506 e. The summed E-state index contributed by atoms with van der Waals surface area (Å²) in [5.41, 5.74) is 5.80. The maximum absolute atomic E-state index is 11.3. The molecule has 0 bridgehead atoms. The van der Waals surface area contributed by atoms with Crippen molar-refractivity contribution in [2.45, 2.75) is 6.04 Å². The minimum atomic E-state index is -1.13. The lowest BCUT2D eigenvalue weighted by atomic mass is 10.0. The van der Waals surface area contributed by atoms with E-state index in [1.807, 2.05) is 0 Å². The van der Waals surface area contributed by atoms with Gasteiger partial charge in [0.05, 0.1) is 12.7 Å². The van der Waals surface area contributed by atoms with Gasteiger partial charge in [-0.15, -0.1) is 0 Å². The number of carbonyl (C=O) groups excluding carboxylic acids is 1. The molecule has 0 radical (unpaired) electrons. The third kappa shape index (κ3) is 2.15. The van der Waals surface area contributed by atoms with Crippen LogP contribution in [0.2, 0.25) is 0 Å². The van der Waals surface area contributed by atoms with Gasteiger partial charge in [-0.25, -0.2) is 0 Å². The Morgan fingerprint density at radius 1 is 1.69 bits per heavy atom. The monoisotopic (exact) mass is 284 g/mol. The molecular weight excluding hydrogens is 276 g/mol. The molecule has 16 heavy (non-hydrogen) atoms. The number of phenolic OH excluding ortho intramolecular Hbond substituents is 1. The lowest BCUT2D eigenvalue weighted by molar-refractivity contribution is -0.142. The van der Waals surface area contributed by atoms with E-state index in [1.54, 1.807) is 6.07 Å². The average molecular weight is 285 g/mol. The van der Waals surface area contributed by atoms with Crippen molar-refractivity contribution in [3.63, 3.8) is 0 Å². The second-order valence-corrected chi connectivity index (χ2v) is 3.82. The molecule has 0 fully saturated rings. The number of aromatic hydroxyl groups is 1. The number of benzene rings is 1. The molecule has 1 aromatic carbocycles. The van der Waals surface area contributed by atoms with Gasteiger partial charge in [0.1, 0.15) is 17.9 Å². The van der Waals surface area contributed by atoms with Crippen LogP contribution in [0.15, 0.2) is 16.6 Å². The maximum Gasteiger partial charge on any atom is 0.327 e. The molecule has 84 valence electrons. The standard InChI is InChI=1S/C10H9BrN2O3/c1-16-10(15)8(13)7-6(11)3-2-5(4-12)9(7)14/h2-3,8,14H,13H2,1H3/t8-/m0/s1. The van der Waals surface area contributed by atoms with E-state index in [-0.39, 0.29) is 16.9 Å². The molecule has 0 spiro atoms. The number of methoxy groups -OCH3 is 1. The number of esters is 1. The Kier molecular flexibility index (Phi) is 3.88. The van der Waals surface area contributed by atoms with E-state index in [0.717, 1.165) is 0 Å². The summed E-state index contributed by atoms with van der Waals surface area (Å²) in [5, 5.41) is 18.5. The minimum absolute atomic E-state index is 0.0533. The number of nitriles is 1. The zero-order valence-electron chi connectivity index (χ0n) is 8.40. The number of ether oxygens (including phenoxy) is 1. The molecular formula is C10H9BrN2O3. The van der Waals surface area contributed by atoms with Crippen molar-refractivity contribution in [2.24, 2.45) is 5.73 Å². The topological polar surface area (TPSA) is 96.3 Å². The molecule has 0 aliphatic rings. The zero-order valence-corrected chi connectivity index (χ0v) is 9.98. The first-order valence-electron chi connectivity index (χ1n) is 4.27. The molecule has 1 aromatic rings. The molecule has 1 atom stereocenters. The van der Waals surface area contributed by atoms with Crippen LogP contribution in [0.3, 0.4) is 0 Å². The molecule has 0 unspecified atom stereocenters. The second-order valence-electron chi connectivity index (χ2n) is 2.97. The molecule has 0 aromatic heterocycles. The van der Waals surface area contributed by atoms with Crippen LogP contribution in [0, 0.1) is 11.3 Å². The van der Waals surface area contributed by atoms with Gasteiger partial charge >= 0.3 is 5.97 Å². The Balaban J connectivity index is 3.33. The highest BCUT2D eigenvalue weighted by molar-refractivity contribution is 9.10. The Bertz CT molecular complexity index is 468. The quantitative estimate of drug-likeness (QED) is 0.796. The van der Waals surface area contributed by atoms with Crippen LogP contribution in [0.5, 0.6) is 5.75 Å². The van der Waals surface area contributed by atoms with Gasteiger partial charge in [-0.2, -0.15) is 5.26 Å². The zero-order chi connectivity index (χ0) is 12.3. The lowest BCUT2D eigenvalue weighted by Crippen LogP contribution is -2.23. The first kappa shape index (κ1) is 12.5. The van der Waals surface area contributed by atoms with Gasteiger partial charge < -0.3 is 15.6 Å². The number of phenols is 1. The Morgan fingerprint density at radius 2 is 2.31 bits per heavy atom. The largest absolute Gasteiger partial charge is 0.506 e. The summed E-state index contributed by atoms with van der Waals surface area (Å²) in [6, 6.07) is 3.63.